The smallest absolute Gasteiger partial charge is 0.254 e. The molecular formula is C19H21N7O2. The zero-order valence-electron chi connectivity index (χ0n) is 15.5. The summed E-state index contributed by atoms with van der Waals surface area (Å²) >= 11 is 0. The van der Waals surface area contributed by atoms with Crippen LogP contribution in [0.4, 0.5) is 17.5 Å². The predicted molar refractivity (Wildman–Crippen MR) is 107 cm³/mol. The second-order valence-corrected chi connectivity index (χ2v) is 6.62. The van der Waals surface area contributed by atoms with Crippen molar-refractivity contribution in [2.24, 2.45) is 17.4 Å². The van der Waals surface area contributed by atoms with Gasteiger partial charge in [-0.1, -0.05) is 19.9 Å². The van der Waals surface area contributed by atoms with Crippen molar-refractivity contribution in [3.63, 3.8) is 0 Å². The summed E-state index contributed by atoms with van der Waals surface area (Å²) in [5.74, 6) is -0.880. The van der Waals surface area contributed by atoms with E-state index in [9.17, 15) is 9.59 Å². The van der Waals surface area contributed by atoms with Crippen LogP contribution in [0.1, 0.15) is 24.2 Å². The lowest BCUT2D eigenvalue weighted by atomic mass is 10.0. The summed E-state index contributed by atoms with van der Waals surface area (Å²) in [5.41, 5.74) is 12.5. The minimum Gasteiger partial charge on any atom is -0.368 e. The number of nitrogens with two attached hydrogens (primary N) is 2. The molecule has 0 spiro atoms. The van der Waals surface area contributed by atoms with E-state index in [0.29, 0.717) is 5.69 Å². The second kappa shape index (κ2) is 7.87. The maximum absolute atomic E-state index is 11.8. The molecule has 1 aromatic carbocycles. The molecule has 9 nitrogen and oxygen atoms in total. The van der Waals surface area contributed by atoms with E-state index in [2.05, 4.69) is 25.6 Å². The Kier molecular flexibility index (Phi) is 5.35. The summed E-state index contributed by atoms with van der Waals surface area (Å²) in [7, 11) is 0. The molecule has 144 valence electrons. The lowest BCUT2D eigenvalue weighted by Gasteiger charge is -2.19. The first-order valence-electron chi connectivity index (χ1n) is 8.69. The summed E-state index contributed by atoms with van der Waals surface area (Å²) < 4.78 is 0. The van der Waals surface area contributed by atoms with E-state index in [1.807, 2.05) is 44.2 Å². The normalized spacial score (nSPS) is 12.0. The topological polar surface area (TPSA) is 149 Å². The van der Waals surface area contributed by atoms with Crippen molar-refractivity contribution >= 4 is 40.2 Å². The van der Waals surface area contributed by atoms with Crippen LogP contribution in [0.5, 0.6) is 0 Å². The summed E-state index contributed by atoms with van der Waals surface area (Å²) in [6.07, 6.45) is 3.02. The first kappa shape index (κ1) is 19.0. The molecule has 3 rings (SSSR count). The average molecular weight is 379 g/mol. The molecule has 28 heavy (non-hydrogen) atoms. The van der Waals surface area contributed by atoms with Gasteiger partial charge in [-0.2, -0.15) is 4.98 Å². The molecule has 0 saturated heterocycles. The van der Waals surface area contributed by atoms with Crippen LogP contribution in [0.15, 0.2) is 42.7 Å². The highest BCUT2D eigenvalue weighted by molar-refractivity contribution is 5.98. The molecule has 0 radical (unpaired) electrons. The number of fused-ring (bicyclic) bond motifs is 1. The molecule has 0 aliphatic rings. The lowest BCUT2D eigenvalue weighted by Crippen LogP contribution is -2.40. The van der Waals surface area contributed by atoms with Crippen LogP contribution in [-0.2, 0) is 4.79 Å². The monoisotopic (exact) mass is 379 g/mol. The first-order valence-corrected chi connectivity index (χ1v) is 8.69. The third-order valence-electron chi connectivity index (χ3n) is 4.18. The highest BCUT2D eigenvalue weighted by Crippen LogP contribution is 2.23. The summed E-state index contributed by atoms with van der Waals surface area (Å²) in [6, 6.07) is 8.65. The Morgan fingerprint density at radius 3 is 2.57 bits per heavy atom. The molecular weight excluding hydrogens is 358 g/mol. The number of pyridine rings is 1. The molecule has 0 bridgehead atoms. The van der Waals surface area contributed by atoms with Gasteiger partial charge in [-0.15, -0.1) is 0 Å². The molecule has 2 aromatic heterocycles. The van der Waals surface area contributed by atoms with Crippen molar-refractivity contribution in [1.29, 1.82) is 0 Å². The van der Waals surface area contributed by atoms with Gasteiger partial charge in [0.2, 0.25) is 11.9 Å². The number of amides is 2. The first-order chi connectivity index (χ1) is 13.3. The van der Waals surface area contributed by atoms with E-state index in [1.165, 1.54) is 6.20 Å². The van der Waals surface area contributed by atoms with Crippen LogP contribution in [0.3, 0.4) is 0 Å². The molecule has 1 unspecified atom stereocenters. The molecule has 0 aliphatic carbocycles. The summed E-state index contributed by atoms with van der Waals surface area (Å²) in [4.78, 5) is 36.1. The van der Waals surface area contributed by atoms with E-state index in [0.717, 1.165) is 10.9 Å². The van der Waals surface area contributed by atoms with Gasteiger partial charge in [0, 0.05) is 23.5 Å². The van der Waals surface area contributed by atoms with Gasteiger partial charge < -0.3 is 22.1 Å². The van der Waals surface area contributed by atoms with Crippen molar-refractivity contribution < 1.29 is 9.59 Å². The number of nitrogens with zero attached hydrogens (tertiary/aromatic N) is 3. The molecule has 6 N–H and O–H groups in total. The van der Waals surface area contributed by atoms with E-state index in [1.54, 1.807) is 6.20 Å². The Balaban J connectivity index is 1.95. The molecule has 2 heterocycles. The number of carbonyl (C=O) groups is 2. The van der Waals surface area contributed by atoms with Gasteiger partial charge in [0.15, 0.2) is 0 Å². The van der Waals surface area contributed by atoms with E-state index < -0.39 is 17.9 Å². The second-order valence-electron chi connectivity index (χ2n) is 6.62. The van der Waals surface area contributed by atoms with Crippen molar-refractivity contribution in [1.82, 2.24) is 15.0 Å². The molecule has 1 atom stereocenters. The molecule has 0 aliphatic heterocycles. The standard InChI is InChI=1S/C19H21N7O2/c1-10(2)15(17(21)28)25-19-23-9-13(16(20)27)18(26-19)24-12-5-6-14-11(8-12)4-3-7-22-14/h3-10,15H,1-2H3,(H2,20,27)(H2,21,28)(H2,23,24,25,26). The van der Waals surface area contributed by atoms with E-state index in [4.69, 9.17) is 11.5 Å². The number of anilines is 3. The van der Waals surface area contributed by atoms with Gasteiger partial charge in [0.1, 0.15) is 17.4 Å². The van der Waals surface area contributed by atoms with Crippen LogP contribution in [0, 0.1) is 5.92 Å². The van der Waals surface area contributed by atoms with Gasteiger partial charge in [-0.25, -0.2) is 4.98 Å². The Morgan fingerprint density at radius 1 is 1.11 bits per heavy atom. The van der Waals surface area contributed by atoms with Crippen molar-refractivity contribution in [3.8, 4) is 0 Å². The Hall–Kier alpha value is -3.75. The fraction of sp³-hybridized carbons (Fsp3) is 0.211. The Morgan fingerprint density at radius 2 is 1.89 bits per heavy atom. The van der Waals surface area contributed by atoms with Gasteiger partial charge in [-0.3, -0.25) is 14.6 Å². The Labute approximate surface area is 161 Å². The average Bonchev–Trinajstić information content (AvgIpc) is 2.65. The summed E-state index contributed by atoms with van der Waals surface area (Å²) in [5, 5.41) is 6.91. The van der Waals surface area contributed by atoms with Crippen LogP contribution in [0.2, 0.25) is 0 Å². The number of nitrogens with one attached hydrogen (secondary N) is 2. The largest absolute Gasteiger partial charge is 0.368 e. The fourth-order valence-corrected chi connectivity index (χ4v) is 2.72. The van der Waals surface area contributed by atoms with E-state index >= 15 is 0 Å². The van der Waals surface area contributed by atoms with Crippen molar-refractivity contribution in [2.45, 2.75) is 19.9 Å². The third-order valence-corrected chi connectivity index (χ3v) is 4.18. The number of rotatable bonds is 7. The fourth-order valence-electron chi connectivity index (χ4n) is 2.72. The zero-order valence-corrected chi connectivity index (χ0v) is 15.5. The van der Waals surface area contributed by atoms with Gasteiger partial charge in [0.25, 0.3) is 5.91 Å². The number of carbonyl (C=O) groups excluding carboxylic acids is 2. The molecule has 2 amide bonds. The van der Waals surface area contributed by atoms with E-state index in [-0.39, 0.29) is 23.2 Å². The van der Waals surface area contributed by atoms with Crippen LogP contribution in [-0.4, -0.2) is 32.8 Å². The quantitative estimate of drug-likeness (QED) is 0.489. The van der Waals surface area contributed by atoms with Gasteiger partial charge in [-0.05, 0) is 30.2 Å². The molecule has 0 fully saturated rings. The number of hydrogen-bond acceptors (Lipinski definition) is 7. The van der Waals surface area contributed by atoms with Crippen LogP contribution in [0.25, 0.3) is 10.9 Å². The number of aromatic nitrogens is 3. The van der Waals surface area contributed by atoms with Gasteiger partial charge >= 0.3 is 0 Å². The highest BCUT2D eigenvalue weighted by Gasteiger charge is 2.21. The molecule has 3 aromatic rings. The number of hydrogen-bond donors (Lipinski definition) is 4. The number of primary amides is 2. The summed E-state index contributed by atoms with van der Waals surface area (Å²) in [6.45, 7) is 3.70. The van der Waals surface area contributed by atoms with Crippen molar-refractivity contribution in [2.75, 3.05) is 10.6 Å². The van der Waals surface area contributed by atoms with Gasteiger partial charge in [0.05, 0.1) is 5.52 Å². The predicted octanol–water partition coefficient (Wildman–Crippen LogP) is 1.79. The zero-order chi connectivity index (χ0) is 20.3. The minimum atomic E-state index is -0.674. The molecule has 0 saturated carbocycles. The molecule has 9 heteroatoms. The maximum atomic E-state index is 11.8. The Bertz CT molecular complexity index is 1040. The minimum absolute atomic E-state index is 0.0682. The number of benzene rings is 1. The lowest BCUT2D eigenvalue weighted by molar-refractivity contribution is -0.119. The van der Waals surface area contributed by atoms with Crippen LogP contribution < -0.4 is 22.1 Å². The maximum Gasteiger partial charge on any atom is 0.254 e. The highest BCUT2D eigenvalue weighted by atomic mass is 16.1. The SMILES string of the molecule is CC(C)C(Nc1ncc(C(N)=O)c(Nc2ccc3ncccc3c2)n1)C(N)=O. The van der Waals surface area contributed by atoms with Crippen molar-refractivity contribution in [3.05, 3.63) is 48.3 Å². The van der Waals surface area contributed by atoms with Crippen LogP contribution >= 0.6 is 0 Å². The third kappa shape index (κ3) is 4.14.